The highest BCUT2D eigenvalue weighted by Crippen LogP contribution is 2.47. The van der Waals surface area contributed by atoms with Crippen LogP contribution in [0.1, 0.15) is 71.6 Å². The average Bonchev–Trinajstić information content (AvgIpc) is 2.75. The van der Waals surface area contributed by atoms with Gasteiger partial charge in [-0.25, -0.2) is 19.6 Å². The summed E-state index contributed by atoms with van der Waals surface area (Å²) in [5.74, 6) is -0.286. The summed E-state index contributed by atoms with van der Waals surface area (Å²) in [4.78, 5) is 32.8. The number of nitrogens with one attached hydrogen (secondary N) is 1. The number of aromatic nitrogens is 2. The summed E-state index contributed by atoms with van der Waals surface area (Å²) < 4.78 is 15.9. The molecule has 10 heteroatoms. The van der Waals surface area contributed by atoms with Crippen LogP contribution in [-0.4, -0.2) is 58.8 Å². The van der Waals surface area contributed by atoms with E-state index in [1.165, 1.54) is 18.0 Å². The van der Waals surface area contributed by atoms with Crippen molar-refractivity contribution in [2.75, 3.05) is 26.0 Å². The number of rotatable bonds is 9. The molecule has 1 aromatic heterocycles. The van der Waals surface area contributed by atoms with Gasteiger partial charge >= 0.3 is 12.1 Å². The van der Waals surface area contributed by atoms with Crippen molar-refractivity contribution in [3.05, 3.63) is 11.9 Å². The molecule has 1 aromatic rings. The molecule has 0 radical (unpaired) electrons. The summed E-state index contributed by atoms with van der Waals surface area (Å²) in [6.45, 7) is 7.30. The van der Waals surface area contributed by atoms with Crippen LogP contribution in [0, 0.1) is 5.41 Å². The molecule has 2 N–H and O–H groups in total. The van der Waals surface area contributed by atoms with Crippen molar-refractivity contribution in [2.45, 2.75) is 76.7 Å². The number of thioether (sulfide) groups is 1. The van der Waals surface area contributed by atoms with Crippen molar-refractivity contribution in [3.63, 3.8) is 0 Å². The van der Waals surface area contributed by atoms with E-state index in [0.29, 0.717) is 23.7 Å². The number of esters is 1. The van der Waals surface area contributed by atoms with Gasteiger partial charge in [-0.05, 0) is 46.8 Å². The minimum atomic E-state index is -1.02. The van der Waals surface area contributed by atoms with Gasteiger partial charge in [0.15, 0.2) is 17.5 Å². The van der Waals surface area contributed by atoms with Gasteiger partial charge in [0.25, 0.3) is 0 Å². The maximum atomic E-state index is 12.3. The van der Waals surface area contributed by atoms with Crippen LogP contribution in [0.15, 0.2) is 11.4 Å². The molecule has 0 saturated heterocycles. The molecule has 0 bridgehead atoms. The number of carbonyl (C=O) groups excluding carboxylic acids is 2. The van der Waals surface area contributed by atoms with E-state index >= 15 is 0 Å². The van der Waals surface area contributed by atoms with Crippen LogP contribution < -0.4 is 10.1 Å². The van der Waals surface area contributed by atoms with Crippen LogP contribution in [0.2, 0.25) is 0 Å². The average molecular weight is 470 g/mol. The zero-order valence-electron chi connectivity index (χ0n) is 19.6. The lowest BCUT2D eigenvalue weighted by atomic mass is 9.69. The van der Waals surface area contributed by atoms with Crippen molar-refractivity contribution < 1.29 is 28.9 Å². The molecule has 32 heavy (non-hydrogen) atoms. The number of aliphatic hydroxyl groups excluding tert-OH is 1. The zero-order chi connectivity index (χ0) is 23.8. The number of aliphatic hydroxyl groups is 1. The number of alkyl carbamates (subject to hydrolysis) is 1. The van der Waals surface area contributed by atoms with Crippen LogP contribution in [-0.2, 0) is 14.3 Å². The molecular formula is C22H35N3O6S. The molecule has 2 rings (SSSR count). The Morgan fingerprint density at radius 1 is 1.28 bits per heavy atom. The Morgan fingerprint density at radius 2 is 1.97 bits per heavy atom. The summed E-state index contributed by atoms with van der Waals surface area (Å²) in [5, 5.41) is 14.8. The SMILES string of the molecule is CCOC(=O)COc1cnc(SC)nc1C(O)C1(CNC(=O)OC(C)(C)C)CCCCC1. The number of amides is 1. The number of nitrogens with zero attached hydrogens (tertiary/aromatic N) is 2. The van der Waals surface area contributed by atoms with Crippen molar-refractivity contribution in [1.29, 1.82) is 0 Å². The van der Waals surface area contributed by atoms with E-state index in [1.54, 1.807) is 27.7 Å². The number of ether oxygens (including phenoxy) is 3. The van der Waals surface area contributed by atoms with E-state index in [2.05, 4.69) is 15.3 Å². The molecule has 1 aliphatic carbocycles. The molecule has 1 atom stereocenters. The third-order valence-electron chi connectivity index (χ3n) is 5.27. The summed E-state index contributed by atoms with van der Waals surface area (Å²) in [6.07, 6.45) is 6.08. The first-order chi connectivity index (χ1) is 15.1. The van der Waals surface area contributed by atoms with Crippen LogP contribution in [0.3, 0.4) is 0 Å². The Bertz CT molecular complexity index is 777. The van der Waals surface area contributed by atoms with Gasteiger partial charge in [-0.2, -0.15) is 0 Å². The molecule has 0 spiro atoms. The van der Waals surface area contributed by atoms with E-state index in [9.17, 15) is 14.7 Å². The molecule has 0 aromatic carbocycles. The van der Waals surface area contributed by atoms with E-state index < -0.39 is 29.2 Å². The summed E-state index contributed by atoms with van der Waals surface area (Å²) in [5.41, 5.74) is -0.945. The fourth-order valence-electron chi connectivity index (χ4n) is 3.77. The minimum Gasteiger partial charge on any atom is -0.478 e. The Hall–Kier alpha value is -2.07. The number of hydrogen-bond acceptors (Lipinski definition) is 9. The van der Waals surface area contributed by atoms with Crippen LogP contribution in [0.4, 0.5) is 4.79 Å². The Morgan fingerprint density at radius 3 is 2.56 bits per heavy atom. The quantitative estimate of drug-likeness (QED) is 0.317. The van der Waals surface area contributed by atoms with E-state index in [-0.39, 0.29) is 25.5 Å². The molecule has 1 aliphatic rings. The summed E-state index contributed by atoms with van der Waals surface area (Å²) >= 11 is 1.34. The molecule has 1 saturated carbocycles. The molecule has 1 amide bonds. The largest absolute Gasteiger partial charge is 0.478 e. The van der Waals surface area contributed by atoms with Crippen molar-refractivity contribution in [3.8, 4) is 5.75 Å². The highest BCUT2D eigenvalue weighted by atomic mass is 32.2. The molecule has 9 nitrogen and oxygen atoms in total. The Balaban J connectivity index is 2.28. The van der Waals surface area contributed by atoms with Gasteiger partial charge in [0.05, 0.1) is 12.8 Å². The molecular weight excluding hydrogens is 434 g/mol. The topological polar surface area (TPSA) is 120 Å². The smallest absolute Gasteiger partial charge is 0.407 e. The van der Waals surface area contributed by atoms with Crippen LogP contribution in [0.25, 0.3) is 0 Å². The van der Waals surface area contributed by atoms with Crippen LogP contribution >= 0.6 is 11.8 Å². The zero-order valence-corrected chi connectivity index (χ0v) is 20.4. The second-order valence-corrected chi connectivity index (χ2v) is 9.65. The maximum Gasteiger partial charge on any atom is 0.407 e. The minimum absolute atomic E-state index is 0.227. The van der Waals surface area contributed by atoms with Gasteiger partial charge in [-0.15, -0.1) is 0 Å². The van der Waals surface area contributed by atoms with Crippen molar-refractivity contribution >= 4 is 23.8 Å². The maximum absolute atomic E-state index is 12.3. The molecule has 0 aliphatic heterocycles. The normalized spacial score (nSPS) is 16.7. The second-order valence-electron chi connectivity index (χ2n) is 8.88. The lowest BCUT2D eigenvalue weighted by Gasteiger charge is -2.41. The number of hydrogen-bond donors (Lipinski definition) is 2. The first kappa shape index (κ1) is 26.2. The lowest BCUT2D eigenvalue weighted by Crippen LogP contribution is -2.44. The standard InChI is InChI=1S/C22H35N3O6S/c1-6-29-16(26)13-30-15-12-23-19(32-5)25-17(15)18(27)22(10-8-7-9-11-22)14-24-20(28)31-21(2,3)4/h12,18,27H,6-11,13-14H2,1-5H3,(H,24,28). The van der Waals surface area contributed by atoms with E-state index in [4.69, 9.17) is 14.2 Å². The van der Waals surface area contributed by atoms with Gasteiger partial charge in [0.2, 0.25) is 0 Å². The van der Waals surface area contributed by atoms with Crippen molar-refractivity contribution in [1.82, 2.24) is 15.3 Å². The number of carbonyl (C=O) groups is 2. The monoisotopic (exact) mass is 469 g/mol. The van der Waals surface area contributed by atoms with E-state index in [1.807, 2.05) is 6.26 Å². The van der Waals surface area contributed by atoms with Gasteiger partial charge in [-0.3, -0.25) is 0 Å². The molecule has 1 heterocycles. The van der Waals surface area contributed by atoms with Gasteiger partial charge in [-0.1, -0.05) is 31.0 Å². The Kier molecular flexibility index (Phi) is 9.57. The third kappa shape index (κ3) is 7.51. The van der Waals surface area contributed by atoms with Gasteiger partial charge < -0.3 is 24.6 Å². The summed E-state index contributed by atoms with van der Waals surface area (Å²) in [6, 6.07) is 0. The Labute approximate surface area is 194 Å². The first-order valence-corrected chi connectivity index (χ1v) is 12.2. The highest BCUT2D eigenvalue weighted by Gasteiger charge is 2.42. The third-order valence-corrected chi connectivity index (χ3v) is 5.83. The fraction of sp³-hybridized carbons (Fsp3) is 0.727. The molecule has 180 valence electrons. The van der Waals surface area contributed by atoms with Crippen LogP contribution in [0.5, 0.6) is 5.75 Å². The van der Waals surface area contributed by atoms with Gasteiger partial charge in [0, 0.05) is 12.0 Å². The predicted molar refractivity (Wildman–Crippen MR) is 121 cm³/mol. The van der Waals surface area contributed by atoms with Crippen molar-refractivity contribution in [2.24, 2.45) is 5.41 Å². The summed E-state index contributed by atoms with van der Waals surface area (Å²) in [7, 11) is 0. The molecule has 1 unspecified atom stereocenters. The van der Waals surface area contributed by atoms with E-state index in [0.717, 1.165) is 19.3 Å². The highest BCUT2D eigenvalue weighted by molar-refractivity contribution is 7.98. The fourth-order valence-corrected chi connectivity index (χ4v) is 4.11. The molecule has 1 fully saturated rings. The first-order valence-electron chi connectivity index (χ1n) is 10.9. The van der Waals surface area contributed by atoms with Gasteiger partial charge in [0.1, 0.15) is 17.4 Å². The lowest BCUT2D eigenvalue weighted by molar-refractivity contribution is -0.145. The predicted octanol–water partition coefficient (Wildman–Crippen LogP) is 3.65. The second kappa shape index (κ2) is 11.7.